The van der Waals surface area contributed by atoms with Crippen molar-refractivity contribution in [2.24, 2.45) is 5.10 Å². The number of sulfonamides is 1. The highest BCUT2D eigenvalue weighted by molar-refractivity contribution is 7.90. The number of pyridine rings is 1. The summed E-state index contributed by atoms with van der Waals surface area (Å²) >= 11 is 0. The van der Waals surface area contributed by atoms with Crippen molar-refractivity contribution in [1.82, 2.24) is 19.0 Å². The number of alkyl halides is 6. The molecule has 0 fully saturated rings. The van der Waals surface area contributed by atoms with E-state index < -0.39 is 63.7 Å². The molecule has 0 saturated carbocycles. The number of imidazole rings is 1. The van der Waals surface area contributed by atoms with Gasteiger partial charge in [-0.15, -0.1) is 0 Å². The number of hydrazone groups is 1. The summed E-state index contributed by atoms with van der Waals surface area (Å²) in [5.41, 5.74) is -7.21. The number of nitrogens with zero attached hydrogens (tertiary/aromatic N) is 5. The summed E-state index contributed by atoms with van der Waals surface area (Å²) < 4.78 is 119. The summed E-state index contributed by atoms with van der Waals surface area (Å²) in [5.74, 6) is -2.54. The zero-order valence-electron chi connectivity index (χ0n) is 20.1. The minimum Gasteiger partial charge on any atom is -0.347 e. The Balaban J connectivity index is 1.53. The van der Waals surface area contributed by atoms with Gasteiger partial charge in [-0.2, -0.15) is 39.9 Å². The molecule has 17 heteroatoms. The van der Waals surface area contributed by atoms with Crippen LogP contribution in [0.15, 0.2) is 41.6 Å². The van der Waals surface area contributed by atoms with E-state index >= 15 is 0 Å². The molecule has 2 aromatic heterocycles. The molecule has 0 unspecified atom stereocenters. The third-order valence-corrected chi connectivity index (χ3v) is 7.33. The average molecular weight is 580 g/mol. The summed E-state index contributed by atoms with van der Waals surface area (Å²) in [6.07, 6.45) is -3.59. The summed E-state index contributed by atoms with van der Waals surface area (Å²) in [6, 6.07) is 6.35. The van der Waals surface area contributed by atoms with Gasteiger partial charge in [0.25, 0.3) is 5.91 Å². The van der Waals surface area contributed by atoms with E-state index in [2.05, 4.69) is 15.4 Å². The Kier molecular flexibility index (Phi) is 6.99. The maximum atomic E-state index is 14.9. The lowest BCUT2D eigenvalue weighted by Gasteiger charge is -2.33. The van der Waals surface area contributed by atoms with Crippen molar-refractivity contribution in [3.63, 3.8) is 0 Å². The number of carbonyl (C=O) groups excluding carboxylic acids is 1. The second-order valence-electron chi connectivity index (χ2n) is 8.50. The fourth-order valence-electron chi connectivity index (χ4n) is 3.92. The third-order valence-electron chi connectivity index (χ3n) is 5.72. The second-order valence-corrected chi connectivity index (χ2v) is 10.4. The smallest absolute Gasteiger partial charge is 0.347 e. The number of rotatable bonds is 5. The molecule has 1 aliphatic rings. The minimum atomic E-state index is -5.67. The number of amidine groups is 1. The molecule has 0 radical (unpaired) electrons. The molecule has 1 aromatic carbocycles. The van der Waals surface area contributed by atoms with Crippen LogP contribution in [-0.2, 0) is 22.7 Å². The van der Waals surface area contributed by atoms with E-state index in [0.29, 0.717) is 5.56 Å². The first-order valence-corrected chi connectivity index (χ1v) is 12.5. The van der Waals surface area contributed by atoms with Crippen molar-refractivity contribution in [2.45, 2.75) is 32.1 Å². The Morgan fingerprint density at radius 3 is 2.33 bits per heavy atom. The number of amides is 1. The third kappa shape index (κ3) is 5.35. The average Bonchev–Trinajstić information content (AvgIpc) is 3.21. The number of benzene rings is 1. The fourth-order valence-corrected chi connectivity index (χ4v) is 4.87. The standard InChI is InChI=1S/C22H19F7N6O3S/c1-12-3-6-17-31-19(21(24,25)26)18(33(17)11-12)20(36)30-10-14-4-5-16(15(23)9-14)34-7-8-35(13(2)32-34)39(37,38)22(27,28)29/h3-6,9,11H,7-8,10H2,1-2H3,(H,30,36). The predicted molar refractivity (Wildman–Crippen MR) is 125 cm³/mol. The van der Waals surface area contributed by atoms with Crippen LogP contribution in [0, 0.1) is 12.7 Å². The molecule has 4 rings (SSSR count). The maximum Gasteiger partial charge on any atom is 0.516 e. The summed E-state index contributed by atoms with van der Waals surface area (Å²) in [6.45, 7) is 1.24. The van der Waals surface area contributed by atoms with Gasteiger partial charge in [-0.3, -0.25) is 14.2 Å². The van der Waals surface area contributed by atoms with Gasteiger partial charge in [0.2, 0.25) is 0 Å². The molecule has 0 atom stereocenters. The number of anilines is 1. The van der Waals surface area contributed by atoms with Gasteiger partial charge in [0.05, 0.1) is 18.8 Å². The molecule has 1 aliphatic heterocycles. The van der Waals surface area contributed by atoms with E-state index in [1.807, 2.05) is 0 Å². The first-order chi connectivity index (χ1) is 18.0. The fraction of sp³-hybridized carbons (Fsp3) is 0.318. The Hall–Kier alpha value is -3.89. The van der Waals surface area contributed by atoms with Crippen LogP contribution < -0.4 is 10.3 Å². The highest BCUT2D eigenvalue weighted by Crippen LogP contribution is 2.33. The molecule has 3 heterocycles. The van der Waals surface area contributed by atoms with Crippen molar-refractivity contribution in [2.75, 3.05) is 18.1 Å². The maximum absolute atomic E-state index is 14.9. The van der Waals surface area contributed by atoms with Crippen LogP contribution >= 0.6 is 0 Å². The van der Waals surface area contributed by atoms with E-state index in [1.165, 1.54) is 30.5 Å². The summed E-state index contributed by atoms with van der Waals surface area (Å²) in [7, 11) is -5.67. The topological polar surface area (TPSA) is 99.4 Å². The van der Waals surface area contributed by atoms with Crippen molar-refractivity contribution < 1.29 is 43.9 Å². The number of fused-ring (bicyclic) bond motifs is 1. The molecule has 9 nitrogen and oxygen atoms in total. The number of hydrogen-bond donors (Lipinski definition) is 1. The molecular formula is C22H19F7N6O3S. The van der Waals surface area contributed by atoms with Gasteiger partial charge < -0.3 is 5.32 Å². The van der Waals surface area contributed by atoms with Gasteiger partial charge in [0.15, 0.2) is 5.69 Å². The van der Waals surface area contributed by atoms with Crippen molar-refractivity contribution in [3.05, 3.63) is 64.9 Å². The number of carbonyl (C=O) groups is 1. The molecule has 0 spiro atoms. The van der Waals surface area contributed by atoms with Gasteiger partial charge in [0, 0.05) is 12.7 Å². The first-order valence-electron chi connectivity index (χ1n) is 11.0. The van der Waals surface area contributed by atoms with E-state index in [1.54, 1.807) is 6.92 Å². The number of halogens is 7. The number of aromatic nitrogens is 2. The highest BCUT2D eigenvalue weighted by atomic mass is 32.2. The molecule has 1 amide bonds. The Bertz CT molecular complexity index is 1580. The second kappa shape index (κ2) is 9.69. The molecule has 3 aromatic rings. The van der Waals surface area contributed by atoms with Crippen LogP contribution in [0.5, 0.6) is 0 Å². The quantitative estimate of drug-likeness (QED) is 0.460. The van der Waals surface area contributed by atoms with Crippen LogP contribution in [-0.4, -0.2) is 52.4 Å². The van der Waals surface area contributed by atoms with Crippen LogP contribution in [0.2, 0.25) is 0 Å². The lowest BCUT2D eigenvalue weighted by Crippen LogP contribution is -2.50. The Labute approximate surface area is 216 Å². The van der Waals surface area contributed by atoms with Crippen LogP contribution in [0.3, 0.4) is 0 Å². The summed E-state index contributed by atoms with van der Waals surface area (Å²) in [4.78, 5) is 16.3. The molecule has 1 N–H and O–H groups in total. The van der Waals surface area contributed by atoms with Gasteiger partial charge in [-0.25, -0.2) is 13.7 Å². The van der Waals surface area contributed by atoms with Gasteiger partial charge >= 0.3 is 21.7 Å². The monoisotopic (exact) mass is 580 g/mol. The van der Waals surface area contributed by atoms with Gasteiger partial charge in [0.1, 0.15) is 23.0 Å². The SMILES string of the molecule is CC1=NN(c2ccc(CNC(=O)c3c(C(F)(F)F)nc4ccc(C)cn34)cc2F)CCN1S(=O)(=O)C(F)(F)F. The molecule has 210 valence electrons. The van der Waals surface area contributed by atoms with E-state index in [0.717, 1.165) is 22.4 Å². The Morgan fingerprint density at radius 2 is 1.74 bits per heavy atom. The normalized spacial score (nSPS) is 15.1. The van der Waals surface area contributed by atoms with Gasteiger partial charge in [-0.05, 0) is 43.2 Å². The molecule has 0 aliphatic carbocycles. The number of aryl methyl sites for hydroxylation is 1. The van der Waals surface area contributed by atoms with Gasteiger partial charge in [-0.1, -0.05) is 12.1 Å². The van der Waals surface area contributed by atoms with Crippen molar-refractivity contribution >= 4 is 33.1 Å². The van der Waals surface area contributed by atoms with Crippen LogP contribution in [0.1, 0.15) is 34.2 Å². The van der Waals surface area contributed by atoms with Crippen molar-refractivity contribution in [1.29, 1.82) is 0 Å². The largest absolute Gasteiger partial charge is 0.516 e. The zero-order chi connectivity index (χ0) is 28.9. The molecule has 39 heavy (non-hydrogen) atoms. The minimum absolute atomic E-state index is 0.0716. The van der Waals surface area contributed by atoms with E-state index in [-0.39, 0.29) is 27.7 Å². The van der Waals surface area contributed by atoms with Crippen LogP contribution in [0.4, 0.5) is 36.4 Å². The van der Waals surface area contributed by atoms with E-state index in [4.69, 9.17) is 0 Å². The summed E-state index contributed by atoms with van der Waals surface area (Å²) in [5, 5.41) is 7.04. The zero-order valence-corrected chi connectivity index (χ0v) is 20.9. The highest BCUT2D eigenvalue weighted by Gasteiger charge is 2.51. The number of hydrogen-bond acceptors (Lipinski definition) is 6. The van der Waals surface area contributed by atoms with Crippen molar-refractivity contribution in [3.8, 4) is 0 Å². The molecule has 0 bridgehead atoms. The van der Waals surface area contributed by atoms with Crippen LogP contribution in [0.25, 0.3) is 5.65 Å². The van der Waals surface area contributed by atoms with E-state index in [9.17, 15) is 43.9 Å². The number of nitrogens with one attached hydrogen (secondary N) is 1. The Morgan fingerprint density at radius 1 is 1.05 bits per heavy atom. The lowest BCUT2D eigenvalue weighted by atomic mass is 10.2. The lowest BCUT2D eigenvalue weighted by molar-refractivity contribution is -0.141. The predicted octanol–water partition coefficient (Wildman–Crippen LogP) is 4.04. The molecule has 0 saturated heterocycles. The first kappa shape index (κ1) is 28.1. The molecular weight excluding hydrogens is 561 g/mol.